The lowest BCUT2D eigenvalue weighted by Crippen LogP contribution is -2.34. The van der Waals surface area contributed by atoms with Gasteiger partial charge < -0.3 is 5.11 Å². The molecule has 7 heteroatoms. The minimum absolute atomic E-state index is 0.00625. The van der Waals surface area contributed by atoms with E-state index in [9.17, 15) is 8.42 Å². The molecule has 2 rings (SSSR count). The molecule has 1 fully saturated rings. The molecule has 0 aliphatic carbocycles. The van der Waals surface area contributed by atoms with E-state index < -0.39 is 10.0 Å². The smallest absolute Gasteiger partial charge is 0.240 e. The van der Waals surface area contributed by atoms with E-state index >= 15 is 0 Å². The summed E-state index contributed by atoms with van der Waals surface area (Å²) in [6.07, 6.45) is 0.852. The van der Waals surface area contributed by atoms with Crippen molar-refractivity contribution in [3.8, 4) is 0 Å². The third-order valence-corrected chi connectivity index (χ3v) is 5.80. The average Bonchev–Trinajstić information content (AvgIpc) is 2.81. The minimum atomic E-state index is -3.53. The third-order valence-electron chi connectivity index (χ3n) is 2.75. The molecule has 0 spiro atoms. The molecule has 2 N–H and O–H groups in total. The van der Waals surface area contributed by atoms with Crippen molar-refractivity contribution < 1.29 is 13.5 Å². The van der Waals surface area contributed by atoms with Gasteiger partial charge in [0.2, 0.25) is 10.0 Å². The predicted molar refractivity (Wildman–Crippen MR) is 73.4 cm³/mol. The number of nitrogens with one attached hydrogen (secondary N) is 1. The maximum absolute atomic E-state index is 12.1. The van der Waals surface area contributed by atoms with E-state index in [4.69, 9.17) is 16.7 Å². The second kappa shape index (κ2) is 5.79. The molecule has 1 atom stereocenters. The Morgan fingerprint density at radius 3 is 2.89 bits per heavy atom. The second-order valence-electron chi connectivity index (χ2n) is 4.09. The highest BCUT2D eigenvalue weighted by Crippen LogP contribution is 2.23. The van der Waals surface area contributed by atoms with Crippen molar-refractivity contribution in [2.24, 2.45) is 0 Å². The van der Waals surface area contributed by atoms with Gasteiger partial charge in [0.15, 0.2) is 0 Å². The molecule has 1 saturated heterocycles. The maximum atomic E-state index is 12.1. The predicted octanol–water partition coefficient (Wildman–Crippen LogP) is 1.62. The number of halogens is 1. The lowest BCUT2D eigenvalue weighted by atomic mass is 10.2. The number of sulfonamides is 1. The first kappa shape index (κ1) is 14.1. The quantitative estimate of drug-likeness (QED) is 0.887. The molecule has 0 aromatic heterocycles. The minimum Gasteiger partial charge on any atom is -0.392 e. The number of aliphatic hydroxyl groups is 1. The molecule has 0 saturated carbocycles. The molecule has 1 aromatic carbocycles. The third kappa shape index (κ3) is 3.19. The molecule has 1 aliphatic heterocycles. The summed E-state index contributed by atoms with van der Waals surface area (Å²) in [6, 6.07) is 4.34. The molecule has 4 nitrogen and oxygen atoms in total. The highest BCUT2D eigenvalue weighted by atomic mass is 35.5. The molecule has 0 bridgehead atoms. The Morgan fingerprint density at radius 1 is 1.50 bits per heavy atom. The van der Waals surface area contributed by atoms with E-state index in [-0.39, 0.29) is 17.5 Å². The fraction of sp³-hybridized carbons (Fsp3) is 0.455. The monoisotopic (exact) mass is 307 g/mol. The van der Waals surface area contributed by atoms with E-state index in [1.54, 1.807) is 11.8 Å². The Hall–Kier alpha value is -0.270. The highest BCUT2D eigenvalue weighted by molar-refractivity contribution is 7.99. The zero-order valence-corrected chi connectivity index (χ0v) is 12.0. The molecule has 100 valence electrons. The zero-order chi connectivity index (χ0) is 13.2. The fourth-order valence-electron chi connectivity index (χ4n) is 1.75. The van der Waals surface area contributed by atoms with E-state index in [1.807, 2.05) is 0 Å². The van der Waals surface area contributed by atoms with Crippen molar-refractivity contribution in [2.75, 3.05) is 11.5 Å². The van der Waals surface area contributed by atoms with Crippen LogP contribution in [0.25, 0.3) is 0 Å². The molecular weight excluding hydrogens is 294 g/mol. The number of hydrogen-bond donors (Lipinski definition) is 2. The van der Waals surface area contributed by atoms with Crippen LogP contribution in [0, 0.1) is 0 Å². The largest absolute Gasteiger partial charge is 0.392 e. The summed E-state index contributed by atoms with van der Waals surface area (Å²) >= 11 is 7.58. The summed E-state index contributed by atoms with van der Waals surface area (Å²) in [7, 11) is -3.53. The fourth-order valence-corrected chi connectivity index (χ4v) is 4.51. The van der Waals surface area contributed by atoms with Gasteiger partial charge in [0.25, 0.3) is 0 Å². The SMILES string of the molecule is O=S(=O)(NC1CCSC1)c1ccc(Cl)c(CO)c1. The van der Waals surface area contributed by atoms with Crippen molar-refractivity contribution in [1.82, 2.24) is 4.72 Å². The van der Waals surface area contributed by atoms with Crippen LogP contribution < -0.4 is 4.72 Å². The Kier molecular flexibility index (Phi) is 4.55. The topological polar surface area (TPSA) is 66.4 Å². The number of benzene rings is 1. The van der Waals surface area contributed by atoms with Gasteiger partial charge in [0.05, 0.1) is 11.5 Å². The van der Waals surface area contributed by atoms with Crippen LogP contribution in [0.1, 0.15) is 12.0 Å². The van der Waals surface area contributed by atoms with Gasteiger partial charge in [-0.15, -0.1) is 0 Å². The van der Waals surface area contributed by atoms with Crippen LogP contribution in [-0.4, -0.2) is 31.1 Å². The normalized spacial score (nSPS) is 20.2. The summed E-state index contributed by atoms with van der Waals surface area (Å²) in [4.78, 5) is 0.146. The first-order valence-corrected chi connectivity index (χ1v) is 8.54. The van der Waals surface area contributed by atoms with Crippen molar-refractivity contribution in [2.45, 2.75) is 24.0 Å². The Balaban J connectivity index is 2.23. The highest BCUT2D eigenvalue weighted by Gasteiger charge is 2.23. The second-order valence-corrected chi connectivity index (χ2v) is 7.36. The summed E-state index contributed by atoms with van der Waals surface area (Å²) in [5.74, 6) is 1.79. The van der Waals surface area contributed by atoms with Gasteiger partial charge in [0.1, 0.15) is 0 Å². The lowest BCUT2D eigenvalue weighted by Gasteiger charge is -2.13. The van der Waals surface area contributed by atoms with Crippen LogP contribution in [0.5, 0.6) is 0 Å². The lowest BCUT2D eigenvalue weighted by molar-refractivity contribution is 0.281. The Labute approximate surface area is 116 Å². The van der Waals surface area contributed by atoms with Gasteiger partial charge >= 0.3 is 0 Å². The molecule has 1 heterocycles. The van der Waals surface area contributed by atoms with Gasteiger partial charge in [-0.1, -0.05) is 11.6 Å². The van der Waals surface area contributed by atoms with Gasteiger partial charge in [-0.05, 0) is 35.9 Å². The van der Waals surface area contributed by atoms with Crippen molar-refractivity contribution in [1.29, 1.82) is 0 Å². The zero-order valence-electron chi connectivity index (χ0n) is 9.60. The summed E-state index contributed by atoms with van der Waals surface area (Å²) in [5, 5.41) is 9.46. The molecule has 0 radical (unpaired) electrons. The molecular formula is C11H14ClNO3S2. The standard InChI is InChI=1S/C11H14ClNO3S2/c12-11-2-1-10(5-8(11)6-14)18(15,16)13-9-3-4-17-7-9/h1-2,5,9,13-14H,3-4,6-7H2. The molecule has 1 aromatic rings. The van der Waals surface area contributed by atoms with Crippen LogP contribution >= 0.6 is 23.4 Å². The number of aliphatic hydroxyl groups excluding tert-OH is 1. The Morgan fingerprint density at radius 2 is 2.28 bits per heavy atom. The van der Waals surface area contributed by atoms with Crippen molar-refractivity contribution >= 4 is 33.4 Å². The Bertz CT molecular complexity index is 527. The van der Waals surface area contributed by atoms with Crippen LogP contribution in [0.3, 0.4) is 0 Å². The van der Waals surface area contributed by atoms with E-state index in [2.05, 4.69) is 4.72 Å². The molecule has 0 amide bonds. The first-order chi connectivity index (χ1) is 8.53. The maximum Gasteiger partial charge on any atom is 0.240 e. The van der Waals surface area contributed by atoms with E-state index in [0.29, 0.717) is 10.6 Å². The number of thioether (sulfide) groups is 1. The summed E-state index contributed by atoms with van der Waals surface area (Å²) < 4.78 is 26.9. The average molecular weight is 308 g/mol. The van der Waals surface area contributed by atoms with Gasteiger partial charge in [-0.25, -0.2) is 13.1 Å². The first-order valence-electron chi connectivity index (χ1n) is 5.52. The van der Waals surface area contributed by atoms with Crippen LogP contribution in [0.2, 0.25) is 5.02 Å². The van der Waals surface area contributed by atoms with Gasteiger partial charge in [-0.2, -0.15) is 11.8 Å². The van der Waals surface area contributed by atoms with E-state index in [0.717, 1.165) is 17.9 Å². The van der Waals surface area contributed by atoms with E-state index in [1.165, 1.54) is 18.2 Å². The van der Waals surface area contributed by atoms with Crippen LogP contribution in [0.4, 0.5) is 0 Å². The van der Waals surface area contributed by atoms with Crippen LogP contribution in [-0.2, 0) is 16.6 Å². The van der Waals surface area contributed by atoms with Crippen molar-refractivity contribution in [3.05, 3.63) is 28.8 Å². The molecule has 1 unspecified atom stereocenters. The van der Waals surface area contributed by atoms with Gasteiger partial charge in [0, 0.05) is 16.8 Å². The van der Waals surface area contributed by atoms with Gasteiger partial charge in [-0.3, -0.25) is 0 Å². The number of rotatable bonds is 4. The summed E-state index contributed by atoms with van der Waals surface area (Å²) in [5.41, 5.74) is 0.417. The van der Waals surface area contributed by atoms with Crippen LogP contribution in [0.15, 0.2) is 23.1 Å². The summed E-state index contributed by atoms with van der Waals surface area (Å²) in [6.45, 7) is -0.276. The van der Waals surface area contributed by atoms with Crippen molar-refractivity contribution in [3.63, 3.8) is 0 Å². The molecule has 1 aliphatic rings. The number of hydrogen-bond acceptors (Lipinski definition) is 4. The molecule has 18 heavy (non-hydrogen) atoms.